The topological polar surface area (TPSA) is 53.4 Å². The Morgan fingerprint density at radius 3 is 2.64 bits per heavy atom. The fourth-order valence-corrected chi connectivity index (χ4v) is 4.79. The minimum Gasteiger partial charge on any atom is -0.337 e. The Hall–Kier alpha value is -1.40. The Labute approximate surface area is 150 Å². The van der Waals surface area contributed by atoms with Crippen LogP contribution in [0, 0.1) is 0 Å². The Kier molecular flexibility index (Phi) is 5.08. The van der Waals surface area contributed by atoms with Gasteiger partial charge in [0.25, 0.3) is 5.91 Å². The molecule has 2 saturated heterocycles. The number of likely N-dealkylation sites (tertiary alicyclic amines) is 1. The highest BCUT2D eigenvalue weighted by Gasteiger charge is 2.34. The molecule has 3 heterocycles. The Morgan fingerprint density at radius 1 is 1.12 bits per heavy atom. The van der Waals surface area contributed by atoms with Gasteiger partial charge < -0.3 is 10.2 Å². The summed E-state index contributed by atoms with van der Waals surface area (Å²) < 4.78 is 1.83. The van der Waals surface area contributed by atoms with Crippen LogP contribution in [0.5, 0.6) is 0 Å². The number of hydrogen-bond donors (Lipinski definition) is 1. The minimum atomic E-state index is 0.200. The van der Waals surface area contributed by atoms with Gasteiger partial charge >= 0.3 is 0 Å². The highest BCUT2D eigenvalue weighted by molar-refractivity contribution is 5.95. The van der Waals surface area contributed by atoms with Gasteiger partial charge in [-0.3, -0.25) is 14.4 Å². The summed E-state index contributed by atoms with van der Waals surface area (Å²) in [4.78, 5) is 17.8. The lowest BCUT2D eigenvalue weighted by molar-refractivity contribution is 0.0771. The fourth-order valence-electron chi connectivity index (χ4n) is 4.79. The van der Waals surface area contributed by atoms with E-state index >= 15 is 0 Å². The zero-order valence-electron chi connectivity index (χ0n) is 15.4. The van der Waals surface area contributed by atoms with Crippen LogP contribution >= 0.6 is 0 Å². The predicted octanol–water partition coefficient (Wildman–Crippen LogP) is 1.59. The molecule has 1 amide bonds. The molecular formula is C19H31N5O. The van der Waals surface area contributed by atoms with Gasteiger partial charge in [-0.25, -0.2) is 0 Å². The summed E-state index contributed by atoms with van der Waals surface area (Å²) in [6.07, 6.45) is 9.27. The number of amides is 1. The first-order chi connectivity index (χ1) is 12.2. The van der Waals surface area contributed by atoms with Crippen molar-refractivity contribution in [1.82, 2.24) is 24.9 Å². The highest BCUT2D eigenvalue weighted by atomic mass is 16.2. The van der Waals surface area contributed by atoms with Crippen molar-refractivity contribution in [3.63, 3.8) is 0 Å². The first-order valence-corrected chi connectivity index (χ1v) is 10.00. The second kappa shape index (κ2) is 7.46. The quantitative estimate of drug-likeness (QED) is 0.904. The average molecular weight is 345 g/mol. The third kappa shape index (κ3) is 3.60. The molecule has 0 bridgehead atoms. The molecule has 25 heavy (non-hydrogen) atoms. The molecule has 4 rings (SSSR count). The monoisotopic (exact) mass is 345 g/mol. The van der Waals surface area contributed by atoms with E-state index < -0.39 is 0 Å². The molecule has 1 aromatic heterocycles. The molecule has 1 aliphatic carbocycles. The molecule has 138 valence electrons. The van der Waals surface area contributed by atoms with Crippen molar-refractivity contribution in [3.05, 3.63) is 17.5 Å². The van der Waals surface area contributed by atoms with E-state index in [1.54, 1.807) is 0 Å². The van der Waals surface area contributed by atoms with Gasteiger partial charge in [0.15, 0.2) is 0 Å². The summed E-state index contributed by atoms with van der Waals surface area (Å²) in [6.45, 7) is 6.10. The summed E-state index contributed by atoms with van der Waals surface area (Å²) in [5.74, 6) is 0.673. The molecule has 3 aliphatic rings. The second-order valence-corrected chi connectivity index (χ2v) is 7.92. The van der Waals surface area contributed by atoms with Crippen molar-refractivity contribution < 1.29 is 4.79 Å². The van der Waals surface area contributed by atoms with E-state index in [1.165, 1.54) is 32.1 Å². The van der Waals surface area contributed by atoms with Crippen molar-refractivity contribution >= 4 is 5.91 Å². The maximum absolute atomic E-state index is 13.2. The van der Waals surface area contributed by atoms with E-state index in [0.717, 1.165) is 56.9 Å². The molecule has 6 nitrogen and oxygen atoms in total. The molecule has 0 aromatic carbocycles. The van der Waals surface area contributed by atoms with Crippen LogP contribution in [0.2, 0.25) is 0 Å². The molecule has 3 fully saturated rings. The highest BCUT2D eigenvalue weighted by Crippen LogP contribution is 2.34. The lowest BCUT2D eigenvalue weighted by Gasteiger charge is -2.32. The average Bonchev–Trinajstić information content (AvgIpc) is 3.30. The molecule has 1 atom stereocenters. The molecule has 1 aromatic rings. The number of carbonyl (C=O) groups excluding carboxylic acids is 1. The maximum atomic E-state index is 13.2. The predicted molar refractivity (Wildman–Crippen MR) is 97.8 cm³/mol. The van der Waals surface area contributed by atoms with Crippen molar-refractivity contribution in [3.8, 4) is 0 Å². The number of nitrogens with zero attached hydrogens (tertiary/aromatic N) is 4. The van der Waals surface area contributed by atoms with Crippen LogP contribution in [0.1, 0.15) is 60.5 Å². The summed E-state index contributed by atoms with van der Waals surface area (Å²) in [5.41, 5.74) is 1.91. The summed E-state index contributed by atoms with van der Waals surface area (Å²) in [7, 11) is 1.94. The van der Waals surface area contributed by atoms with E-state index in [2.05, 4.69) is 20.2 Å². The van der Waals surface area contributed by atoms with Crippen LogP contribution in [0.4, 0.5) is 0 Å². The van der Waals surface area contributed by atoms with Gasteiger partial charge in [-0.15, -0.1) is 0 Å². The first-order valence-electron chi connectivity index (χ1n) is 10.00. The third-order valence-electron chi connectivity index (χ3n) is 6.20. The molecule has 1 saturated carbocycles. The zero-order chi connectivity index (χ0) is 17.2. The van der Waals surface area contributed by atoms with Gasteiger partial charge in [-0.2, -0.15) is 5.10 Å². The molecular weight excluding hydrogens is 314 g/mol. The number of piperazine rings is 1. The molecule has 0 spiro atoms. The van der Waals surface area contributed by atoms with E-state index in [0.29, 0.717) is 12.0 Å². The van der Waals surface area contributed by atoms with Crippen LogP contribution in [0.15, 0.2) is 6.20 Å². The van der Waals surface area contributed by atoms with Crippen molar-refractivity contribution in [2.75, 3.05) is 39.3 Å². The van der Waals surface area contributed by atoms with Crippen molar-refractivity contribution in [1.29, 1.82) is 0 Å². The van der Waals surface area contributed by atoms with Crippen LogP contribution in [-0.4, -0.2) is 70.8 Å². The summed E-state index contributed by atoms with van der Waals surface area (Å²) in [5, 5.41) is 8.10. The number of carbonyl (C=O) groups is 1. The SMILES string of the molecule is Cn1cc(C(=O)N2CCC(N3CCNCC3)C2)c(C2CCCCC2)n1. The largest absolute Gasteiger partial charge is 0.337 e. The number of rotatable bonds is 3. The summed E-state index contributed by atoms with van der Waals surface area (Å²) >= 11 is 0. The standard InChI is InChI=1S/C19H31N5O/c1-22-14-17(18(21-22)15-5-3-2-4-6-15)19(25)24-10-7-16(13-24)23-11-8-20-9-12-23/h14-16,20H,2-13H2,1H3. The van der Waals surface area contributed by atoms with Crippen LogP contribution in [-0.2, 0) is 7.05 Å². The van der Waals surface area contributed by atoms with E-state index in [-0.39, 0.29) is 5.91 Å². The number of aryl methyl sites for hydroxylation is 1. The lowest BCUT2D eigenvalue weighted by atomic mass is 9.85. The Bertz CT molecular complexity index is 601. The van der Waals surface area contributed by atoms with Crippen LogP contribution in [0.3, 0.4) is 0 Å². The third-order valence-corrected chi connectivity index (χ3v) is 6.20. The van der Waals surface area contributed by atoms with Gasteiger partial charge in [0.1, 0.15) is 0 Å². The molecule has 6 heteroatoms. The molecule has 1 N–H and O–H groups in total. The molecule has 0 radical (unpaired) electrons. The van der Waals surface area contributed by atoms with Gasteiger partial charge in [-0.05, 0) is 19.3 Å². The van der Waals surface area contributed by atoms with Crippen LogP contribution in [0.25, 0.3) is 0 Å². The van der Waals surface area contributed by atoms with Gasteiger partial charge in [0.05, 0.1) is 11.3 Å². The lowest BCUT2D eigenvalue weighted by Crippen LogP contribution is -2.49. The number of nitrogens with one attached hydrogen (secondary N) is 1. The fraction of sp³-hybridized carbons (Fsp3) is 0.789. The summed E-state index contributed by atoms with van der Waals surface area (Å²) in [6, 6.07) is 0.529. The molecule has 2 aliphatic heterocycles. The number of hydrogen-bond acceptors (Lipinski definition) is 4. The van der Waals surface area contributed by atoms with E-state index in [4.69, 9.17) is 0 Å². The van der Waals surface area contributed by atoms with Gasteiger partial charge in [0, 0.05) is 64.5 Å². The normalized spacial score (nSPS) is 26.3. The number of aromatic nitrogens is 2. The van der Waals surface area contributed by atoms with E-state index in [9.17, 15) is 4.79 Å². The van der Waals surface area contributed by atoms with Gasteiger partial charge in [-0.1, -0.05) is 19.3 Å². The van der Waals surface area contributed by atoms with E-state index in [1.807, 2.05) is 17.9 Å². The Balaban J connectivity index is 1.46. The van der Waals surface area contributed by atoms with Gasteiger partial charge in [0.2, 0.25) is 0 Å². The first kappa shape index (κ1) is 17.0. The minimum absolute atomic E-state index is 0.200. The van der Waals surface area contributed by atoms with Crippen molar-refractivity contribution in [2.24, 2.45) is 7.05 Å². The second-order valence-electron chi connectivity index (χ2n) is 7.92. The Morgan fingerprint density at radius 2 is 1.88 bits per heavy atom. The van der Waals surface area contributed by atoms with Crippen molar-refractivity contribution in [2.45, 2.75) is 50.5 Å². The molecule has 1 unspecified atom stereocenters. The smallest absolute Gasteiger partial charge is 0.257 e. The van der Waals surface area contributed by atoms with Crippen LogP contribution < -0.4 is 5.32 Å². The zero-order valence-corrected chi connectivity index (χ0v) is 15.4. The maximum Gasteiger partial charge on any atom is 0.257 e.